The van der Waals surface area contributed by atoms with Gasteiger partial charge in [0.05, 0.1) is 18.1 Å². The van der Waals surface area contributed by atoms with E-state index in [1.807, 2.05) is 13.1 Å². The van der Waals surface area contributed by atoms with Gasteiger partial charge in [-0.2, -0.15) is 18.3 Å². The van der Waals surface area contributed by atoms with Crippen molar-refractivity contribution in [2.45, 2.75) is 25.4 Å². The number of carbonyl (C=O) groups is 1. The lowest BCUT2D eigenvalue weighted by molar-refractivity contribution is -0.137. The molecular weight excluding hydrogens is 435 g/mol. The highest BCUT2D eigenvalue weighted by atomic mass is 19.4. The molecule has 3 heterocycles. The van der Waals surface area contributed by atoms with Crippen molar-refractivity contribution in [3.8, 4) is 0 Å². The van der Waals surface area contributed by atoms with Gasteiger partial charge >= 0.3 is 6.18 Å². The number of hydrogen-bond donors (Lipinski definition) is 2. The fourth-order valence-electron chi connectivity index (χ4n) is 3.26. The van der Waals surface area contributed by atoms with Crippen LogP contribution in [0.2, 0.25) is 0 Å². The van der Waals surface area contributed by atoms with E-state index in [0.29, 0.717) is 25.0 Å². The number of aryl methyl sites for hydroxylation is 1. The van der Waals surface area contributed by atoms with E-state index < -0.39 is 23.3 Å². The smallest absolute Gasteiger partial charge is 0.321 e. The van der Waals surface area contributed by atoms with Gasteiger partial charge in [-0.1, -0.05) is 17.7 Å². The molecular formula is C22H18F3N7O. The molecule has 2 N–H and O–H groups in total. The molecule has 0 fully saturated rings. The molecule has 0 aliphatic heterocycles. The Labute approximate surface area is 187 Å². The second-order valence-corrected chi connectivity index (χ2v) is 7.35. The molecule has 11 heteroatoms. The third-order valence-corrected chi connectivity index (χ3v) is 4.89. The van der Waals surface area contributed by atoms with E-state index >= 15 is 0 Å². The molecule has 0 spiro atoms. The van der Waals surface area contributed by atoms with E-state index in [0.717, 1.165) is 22.4 Å². The zero-order valence-electron chi connectivity index (χ0n) is 17.4. The Hall–Kier alpha value is -4.20. The molecule has 8 nitrogen and oxygen atoms in total. The van der Waals surface area contributed by atoms with Crippen molar-refractivity contribution in [1.29, 1.82) is 0 Å². The van der Waals surface area contributed by atoms with Crippen LogP contribution in [0.15, 0.2) is 48.7 Å². The number of amides is 1. The first-order valence-electron chi connectivity index (χ1n) is 9.90. The number of halogens is 3. The number of allylic oxidation sites excluding steroid dienone is 3. The van der Waals surface area contributed by atoms with Gasteiger partial charge in [-0.25, -0.2) is 15.0 Å². The predicted octanol–water partition coefficient (Wildman–Crippen LogP) is 4.10. The zero-order chi connectivity index (χ0) is 23.4. The Morgan fingerprint density at radius 2 is 1.94 bits per heavy atom. The number of nitrogens with one attached hydrogen (secondary N) is 2. The Bertz CT molecular complexity index is 1210. The average Bonchev–Trinajstić information content (AvgIpc) is 3.19. The number of nitrogens with zero attached hydrogens (tertiary/aromatic N) is 5. The van der Waals surface area contributed by atoms with Gasteiger partial charge in [0.25, 0.3) is 0 Å². The Kier molecular flexibility index (Phi) is 6.08. The zero-order valence-corrected chi connectivity index (χ0v) is 17.4. The maximum Gasteiger partial charge on any atom is 0.420 e. The van der Waals surface area contributed by atoms with Crippen LogP contribution >= 0.6 is 0 Å². The maximum absolute atomic E-state index is 13.0. The van der Waals surface area contributed by atoms with Gasteiger partial charge in [-0.3, -0.25) is 9.48 Å². The number of hydrogen-bond acceptors (Lipinski definition) is 6. The minimum Gasteiger partial charge on any atom is -0.321 e. The molecule has 1 aliphatic rings. The summed E-state index contributed by atoms with van der Waals surface area (Å²) in [5.41, 5.74) is 1.89. The number of rotatable bonds is 6. The fraction of sp³-hybridized carbons (Fsp3) is 0.227. The van der Waals surface area contributed by atoms with Gasteiger partial charge in [0.1, 0.15) is 11.3 Å². The first-order valence-corrected chi connectivity index (χ1v) is 9.90. The van der Waals surface area contributed by atoms with E-state index in [-0.39, 0.29) is 6.42 Å². The lowest BCUT2D eigenvalue weighted by atomic mass is 9.93. The first kappa shape index (κ1) is 22.0. The van der Waals surface area contributed by atoms with E-state index in [9.17, 15) is 18.0 Å². The average molecular weight is 453 g/mol. The number of carbonyl (C=O) groups excluding carboxylic acids is 1. The second-order valence-electron chi connectivity index (χ2n) is 7.35. The lowest BCUT2D eigenvalue weighted by Gasteiger charge is -2.15. The van der Waals surface area contributed by atoms with Crippen LogP contribution in [0.5, 0.6) is 0 Å². The maximum atomic E-state index is 13.0. The molecule has 4 rings (SSSR count). The molecule has 0 bridgehead atoms. The molecule has 0 saturated carbocycles. The lowest BCUT2D eigenvalue weighted by Crippen LogP contribution is -2.17. The van der Waals surface area contributed by atoms with E-state index in [1.54, 1.807) is 35.5 Å². The van der Waals surface area contributed by atoms with Crippen LogP contribution < -0.4 is 10.6 Å². The van der Waals surface area contributed by atoms with Gasteiger partial charge < -0.3 is 10.6 Å². The summed E-state index contributed by atoms with van der Waals surface area (Å²) in [6.07, 6.45) is 9.92. The van der Waals surface area contributed by atoms with E-state index in [1.165, 1.54) is 0 Å². The number of aromatic nitrogens is 5. The normalized spacial score (nSPS) is 13.6. The molecule has 0 aromatic carbocycles. The molecule has 3 aromatic rings. The van der Waals surface area contributed by atoms with E-state index in [2.05, 4.69) is 42.9 Å². The monoisotopic (exact) mass is 453 g/mol. The summed E-state index contributed by atoms with van der Waals surface area (Å²) >= 11 is 0. The van der Waals surface area contributed by atoms with Crippen molar-refractivity contribution in [2.75, 3.05) is 10.6 Å². The van der Waals surface area contributed by atoms with Gasteiger partial charge in [0.15, 0.2) is 0 Å². The standard InChI is InChI=1S/C22H18F3N7O/c1-32-13-17(11-29-32)30-21-27-9-16(10-28-21)15-4-2-14(3-5-15)8-20(33)31-19-6-7-26-12-18(19)22(23,24)25/h2,4,9-13H,3,5,8H2,1H3,(H,31,33)(H,27,28,30). The van der Waals surface area contributed by atoms with Gasteiger partial charge in [-0.15, -0.1) is 0 Å². The second kappa shape index (κ2) is 9.12. The first-order chi connectivity index (χ1) is 15.8. The Balaban J connectivity index is 1.37. The quantitative estimate of drug-likeness (QED) is 0.583. The van der Waals surface area contributed by atoms with Crippen LogP contribution in [0, 0.1) is 12.3 Å². The van der Waals surface area contributed by atoms with Crippen LogP contribution in [0.1, 0.15) is 30.4 Å². The summed E-state index contributed by atoms with van der Waals surface area (Å²) in [6, 6.07) is 2.22. The highest BCUT2D eigenvalue weighted by molar-refractivity contribution is 5.93. The summed E-state index contributed by atoms with van der Waals surface area (Å²) in [5, 5.41) is 9.38. The SMILES string of the molecule is Cn1cc(Nc2ncc(C3=CC=C(CC(=O)Nc4c#cncc4C(F)(F)F)CC3)cn2)cn1. The summed E-state index contributed by atoms with van der Waals surface area (Å²) in [7, 11) is 1.81. The largest absolute Gasteiger partial charge is 0.420 e. The van der Waals surface area contributed by atoms with Crippen molar-refractivity contribution >= 4 is 28.8 Å². The number of anilines is 3. The van der Waals surface area contributed by atoms with Gasteiger partial charge in [0.2, 0.25) is 11.9 Å². The molecule has 0 radical (unpaired) electrons. The summed E-state index contributed by atoms with van der Waals surface area (Å²) in [6.45, 7) is 0. The molecule has 0 saturated heterocycles. The summed E-state index contributed by atoms with van der Waals surface area (Å²) in [4.78, 5) is 24.2. The molecule has 1 aliphatic carbocycles. The molecule has 3 aromatic heterocycles. The third kappa shape index (κ3) is 5.54. The van der Waals surface area contributed by atoms with Crippen molar-refractivity contribution in [2.24, 2.45) is 7.05 Å². The fourth-order valence-corrected chi connectivity index (χ4v) is 3.26. The van der Waals surface area contributed by atoms with Gasteiger partial charge in [0, 0.05) is 43.8 Å². The molecule has 33 heavy (non-hydrogen) atoms. The van der Waals surface area contributed by atoms with Crippen LogP contribution in [0.4, 0.5) is 30.5 Å². The summed E-state index contributed by atoms with van der Waals surface area (Å²) in [5.74, 6) is -0.118. The molecule has 0 unspecified atom stereocenters. The number of alkyl halides is 3. The van der Waals surface area contributed by atoms with Crippen LogP contribution in [0.3, 0.4) is 0 Å². The molecule has 1 amide bonds. The highest BCUT2D eigenvalue weighted by Crippen LogP contribution is 2.33. The van der Waals surface area contributed by atoms with Crippen LogP contribution in [-0.4, -0.2) is 30.6 Å². The van der Waals surface area contributed by atoms with Crippen LogP contribution in [0.25, 0.3) is 5.57 Å². The third-order valence-electron chi connectivity index (χ3n) is 4.89. The Morgan fingerprint density at radius 1 is 1.15 bits per heavy atom. The van der Waals surface area contributed by atoms with Crippen molar-refractivity contribution in [1.82, 2.24) is 24.7 Å². The highest BCUT2D eigenvalue weighted by Gasteiger charge is 2.34. The minimum atomic E-state index is -4.64. The van der Waals surface area contributed by atoms with Gasteiger partial charge in [-0.05, 0) is 24.5 Å². The predicted molar refractivity (Wildman–Crippen MR) is 114 cm³/mol. The van der Waals surface area contributed by atoms with Crippen molar-refractivity contribution in [3.63, 3.8) is 0 Å². The summed E-state index contributed by atoms with van der Waals surface area (Å²) < 4.78 is 40.8. The Morgan fingerprint density at radius 3 is 2.58 bits per heavy atom. The van der Waals surface area contributed by atoms with Crippen LogP contribution in [-0.2, 0) is 18.0 Å². The molecule has 0 atom stereocenters. The van der Waals surface area contributed by atoms with E-state index in [4.69, 9.17) is 0 Å². The minimum absolute atomic E-state index is 0.0261. The molecule has 168 valence electrons. The van der Waals surface area contributed by atoms with Crippen molar-refractivity contribution < 1.29 is 18.0 Å². The topological polar surface area (TPSA) is 97.6 Å². The van der Waals surface area contributed by atoms with Crippen molar-refractivity contribution in [3.05, 3.63) is 72.1 Å².